The van der Waals surface area contributed by atoms with Crippen molar-refractivity contribution < 1.29 is 4.74 Å². The maximum Gasteiger partial charge on any atom is 0.119 e. The molecule has 2 aromatic carbocycles. The Kier molecular flexibility index (Phi) is 8.54. The minimum absolute atomic E-state index is 0.323. The third-order valence-corrected chi connectivity index (χ3v) is 4.59. The Bertz CT molecular complexity index is 606. The fourth-order valence-electron chi connectivity index (χ4n) is 2.96. The van der Waals surface area contributed by atoms with Gasteiger partial charge in [-0.05, 0) is 43.5 Å². The van der Waals surface area contributed by atoms with E-state index in [1.165, 1.54) is 42.4 Å². The van der Waals surface area contributed by atoms with Gasteiger partial charge >= 0.3 is 0 Å². The molecule has 0 aliphatic carbocycles. The summed E-state index contributed by atoms with van der Waals surface area (Å²) in [6, 6.07) is 17.5. The van der Waals surface area contributed by atoms with Crippen molar-refractivity contribution in [2.24, 2.45) is 0 Å². The molecule has 0 aliphatic heterocycles. The highest BCUT2D eigenvalue weighted by Gasteiger charge is 2.05. The summed E-state index contributed by atoms with van der Waals surface area (Å²) in [6.45, 7) is 8.30. The summed E-state index contributed by atoms with van der Waals surface area (Å²) in [5, 5.41) is 3.59. The summed E-state index contributed by atoms with van der Waals surface area (Å²) in [5.74, 6) is 0.977. The molecule has 0 radical (unpaired) electrons. The van der Waals surface area contributed by atoms with Crippen molar-refractivity contribution in [1.29, 1.82) is 0 Å². The molecule has 0 heterocycles. The van der Waals surface area contributed by atoms with Gasteiger partial charge in [-0.25, -0.2) is 0 Å². The van der Waals surface area contributed by atoms with Crippen molar-refractivity contribution >= 4 is 0 Å². The number of ether oxygens (including phenoxy) is 1. The van der Waals surface area contributed by atoms with E-state index in [1.54, 1.807) is 0 Å². The smallest absolute Gasteiger partial charge is 0.119 e. The van der Waals surface area contributed by atoms with Crippen LogP contribution < -0.4 is 10.1 Å². The highest BCUT2D eigenvalue weighted by atomic mass is 16.5. The Morgan fingerprint density at radius 2 is 1.72 bits per heavy atom. The number of benzene rings is 2. The standard InChI is InChI=1S/C23H33NO/c1-4-5-6-7-8-16-25-23-14-12-22(13-15-23)20(3)24-18-21-11-9-10-19(2)17-21/h9-15,17,20,24H,4-8,16,18H2,1-3H3. The van der Waals surface area contributed by atoms with Gasteiger partial charge in [-0.15, -0.1) is 0 Å². The molecule has 1 unspecified atom stereocenters. The second kappa shape index (κ2) is 10.9. The van der Waals surface area contributed by atoms with E-state index in [9.17, 15) is 0 Å². The molecule has 0 saturated heterocycles. The third kappa shape index (κ3) is 7.31. The van der Waals surface area contributed by atoms with Gasteiger partial charge in [0, 0.05) is 12.6 Å². The number of nitrogens with one attached hydrogen (secondary N) is 1. The fourth-order valence-corrected chi connectivity index (χ4v) is 2.96. The normalized spacial score (nSPS) is 12.1. The lowest BCUT2D eigenvalue weighted by molar-refractivity contribution is 0.304. The van der Waals surface area contributed by atoms with Crippen LogP contribution in [0.1, 0.15) is 68.7 Å². The first-order valence-electron chi connectivity index (χ1n) is 9.70. The topological polar surface area (TPSA) is 21.3 Å². The first-order chi connectivity index (χ1) is 12.2. The molecule has 1 atom stereocenters. The molecular weight excluding hydrogens is 306 g/mol. The first-order valence-corrected chi connectivity index (χ1v) is 9.70. The van der Waals surface area contributed by atoms with Crippen LogP contribution in [0.2, 0.25) is 0 Å². The minimum Gasteiger partial charge on any atom is -0.494 e. The molecule has 0 spiro atoms. The van der Waals surface area contributed by atoms with E-state index in [-0.39, 0.29) is 0 Å². The summed E-state index contributed by atoms with van der Waals surface area (Å²) in [5.41, 5.74) is 3.93. The first kappa shape index (κ1) is 19.5. The van der Waals surface area contributed by atoms with Crippen molar-refractivity contribution in [3.05, 3.63) is 65.2 Å². The van der Waals surface area contributed by atoms with Crippen molar-refractivity contribution in [3.63, 3.8) is 0 Å². The monoisotopic (exact) mass is 339 g/mol. The Hall–Kier alpha value is -1.80. The maximum absolute atomic E-state index is 5.84. The number of hydrogen-bond acceptors (Lipinski definition) is 2. The molecule has 2 rings (SSSR count). The largest absolute Gasteiger partial charge is 0.494 e. The molecule has 2 aromatic rings. The highest BCUT2D eigenvalue weighted by molar-refractivity contribution is 5.29. The zero-order valence-electron chi connectivity index (χ0n) is 16.1. The Morgan fingerprint density at radius 3 is 2.44 bits per heavy atom. The molecule has 0 aromatic heterocycles. The molecule has 2 heteroatoms. The van der Waals surface area contributed by atoms with Crippen molar-refractivity contribution in [2.75, 3.05) is 6.61 Å². The summed E-state index contributed by atoms with van der Waals surface area (Å²) in [7, 11) is 0. The summed E-state index contributed by atoms with van der Waals surface area (Å²) in [4.78, 5) is 0. The Balaban J connectivity index is 1.73. The van der Waals surface area contributed by atoms with Gasteiger partial charge < -0.3 is 10.1 Å². The Morgan fingerprint density at radius 1 is 0.960 bits per heavy atom. The van der Waals surface area contributed by atoms with E-state index in [0.29, 0.717) is 6.04 Å². The van der Waals surface area contributed by atoms with Gasteiger partial charge in [-0.2, -0.15) is 0 Å². The van der Waals surface area contributed by atoms with Gasteiger partial charge in [0.1, 0.15) is 5.75 Å². The zero-order chi connectivity index (χ0) is 17.9. The fraction of sp³-hybridized carbons (Fsp3) is 0.478. The third-order valence-electron chi connectivity index (χ3n) is 4.59. The van der Waals surface area contributed by atoms with Crippen LogP contribution in [-0.2, 0) is 6.54 Å². The molecule has 0 bridgehead atoms. The van der Waals surface area contributed by atoms with E-state index in [1.807, 2.05) is 0 Å². The minimum atomic E-state index is 0.323. The van der Waals surface area contributed by atoms with Crippen LogP contribution in [0, 0.1) is 6.92 Å². The second-order valence-electron chi connectivity index (χ2n) is 6.92. The zero-order valence-corrected chi connectivity index (χ0v) is 16.1. The summed E-state index contributed by atoms with van der Waals surface area (Å²) >= 11 is 0. The van der Waals surface area contributed by atoms with E-state index in [2.05, 4.69) is 74.6 Å². The van der Waals surface area contributed by atoms with Crippen LogP contribution in [0.4, 0.5) is 0 Å². The van der Waals surface area contributed by atoms with Crippen molar-refractivity contribution in [3.8, 4) is 5.75 Å². The van der Waals surface area contributed by atoms with Gasteiger partial charge in [0.25, 0.3) is 0 Å². The van der Waals surface area contributed by atoms with Gasteiger partial charge in [0.15, 0.2) is 0 Å². The van der Waals surface area contributed by atoms with Crippen LogP contribution in [0.5, 0.6) is 5.75 Å². The molecule has 1 N–H and O–H groups in total. The van der Waals surface area contributed by atoms with Crippen LogP contribution in [-0.4, -0.2) is 6.61 Å². The number of hydrogen-bond donors (Lipinski definition) is 1. The predicted molar refractivity (Wildman–Crippen MR) is 107 cm³/mol. The molecule has 136 valence electrons. The molecule has 0 amide bonds. The molecular formula is C23H33NO. The lowest BCUT2D eigenvalue weighted by Gasteiger charge is -2.15. The quantitative estimate of drug-likeness (QED) is 0.492. The SMILES string of the molecule is CCCCCCCOc1ccc(C(C)NCc2cccc(C)c2)cc1. The van der Waals surface area contributed by atoms with Gasteiger partial charge in [0.2, 0.25) is 0 Å². The lowest BCUT2D eigenvalue weighted by Crippen LogP contribution is -2.18. The van der Waals surface area contributed by atoms with Crippen LogP contribution >= 0.6 is 0 Å². The number of rotatable bonds is 11. The number of aryl methyl sites for hydroxylation is 1. The van der Waals surface area contributed by atoms with Crippen LogP contribution in [0.25, 0.3) is 0 Å². The predicted octanol–water partition coefficient (Wildman–Crippen LogP) is 6.20. The summed E-state index contributed by atoms with van der Waals surface area (Å²) in [6.07, 6.45) is 6.37. The van der Waals surface area contributed by atoms with Gasteiger partial charge in [-0.1, -0.05) is 74.6 Å². The van der Waals surface area contributed by atoms with E-state index in [4.69, 9.17) is 4.74 Å². The van der Waals surface area contributed by atoms with E-state index >= 15 is 0 Å². The van der Waals surface area contributed by atoms with E-state index < -0.39 is 0 Å². The average molecular weight is 340 g/mol. The molecule has 0 fully saturated rings. The van der Waals surface area contributed by atoms with Crippen molar-refractivity contribution in [1.82, 2.24) is 5.32 Å². The molecule has 0 aliphatic rings. The lowest BCUT2D eigenvalue weighted by atomic mass is 10.1. The maximum atomic E-state index is 5.84. The van der Waals surface area contributed by atoms with E-state index in [0.717, 1.165) is 25.3 Å². The van der Waals surface area contributed by atoms with Crippen molar-refractivity contribution in [2.45, 2.75) is 65.5 Å². The van der Waals surface area contributed by atoms with Crippen LogP contribution in [0.15, 0.2) is 48.5 Å². The van der Waals surface area contributed by atoms with Crippen LogP contribution in [0.3, 0.4) is 0 Å². The highest BCUT2D eigenvalue weighted by Crippen LogP contribution is 2.18. The number of unbranched alkanes of at least 4 members (excludes halogenated alkanes) is 4. The molecule has 2 nitrogen and oxygen atoms in total. The average Bonchev–Trinajstić information content (AvgIpc) is 2.63. The molecule has 25 heavy (non-hydrogen) atoms. The Labute approximate surface area is 153 Å². The van der Waals surface area contributed by atoms with Gasteiger partial charge in [0.05, 0.1) is 6.61 Å². The summed E-state index contributed by atoms with van der Waals surface area (Å²) < 4.78 is 5.84. The van der Waals surface area contributed by atoms with Gasteiger partial charge in [-0.3, -0.25) is 0 Å². The molecule has 0 saturated carbocycles. The second-order valence-corrected chi connectivity index (χ2v) is 6.92.